The van der Waals surface area contributed by atoms with Gasteiger partial charge in [0.1, 0.15) is 0 Å². The molecule has 1 atom stereocenters. The number of carbonyl (C=O) groups is 1. The molecule has 2 aliphatic carbocycles. The number of fused-ring (bicyclic) bond motifs is 3. The van der Waals surface area contributed by atoms with Gasteiger partial charge in [-0.25, -0.2) is 0 Å². The van der Waals surface area contributed by atoms with Crippen LogP contribution in [0.4, 0.5) is 0 Å². The van der Waals surface area contributed by atoms with Gasteiger partial charge in [0.25, 0.3) is 5.91 Å². The quantitative estimate of drug-likeness (QED) is 0.904. The maximum Gasteiger partial charge on any atom is 0.253 e. The second-order valence-electron chi connectivity index (χ2n) is 7.07. The number of hydrogen-bond donors (Lipinski definition) is 1. The van der Waals surface area contributed by atoms with Crippen molar-refractivity contribution >= 4 is 5.91 Å². The van der Waals surface area contributed by atoms with Crippen LogP contribution >= 0.6 is 0 Å². The monoisotopic (exact) mass is 320 g/mol. The molecule has 0 aliphatic heterocycles. The summed E-state index contributed by atoms with van der Waals surface area (Å²) >= 11 is 0. The van der Waals surface area contributed by atoms with E-state index < -0.39 is 0 Å². The standard InChI is InChI=1S/C21H24N2O/c1-23(15-7-3-2-4-8-15)21(24)14-11-12-17-16-9-5-6-10-18(16)20(22)19(17)13-14/h5-6,9-13,15,20H,2-4,7-8,22H2,1H3. The third-order valence-corrected chi connectivity index (χ3v) is 5.66. The van der Waals surface area contributed by atoms with Gasteiger partial charge in [-0.1, -0.05) is 49.6 Å². The normalized spacial score (nSPS) is 19.7. The van der Waals surface area contributed by atoms with Gasteiger partial charge in [-0.05, 0) is 47.2 Å². The van der Waals surface area contributed by atoms with Gasteiger partial charge in [-0.15, -0.1) is 0 Å². The topological polar surface area (TPSA) is 46.3 Å². The molecule has 1 unspecified atom stereocenters. The minimum absolute atomic E-state index is 0.118. The van der Waals surface area contributed by atoms with Crippen LogP contribution in [0.3, 0.4) is 0 Å². The second-order valence-corrected chi connectivity index (χ2v) is 7.07. The molecule has 2 aromatic carbocycles. The van der Waals surface area contributed by atoms with E-state index in [2.05, 4.69) is 18.2 Å². The van der Waals surface area contributed by atoms with Crippen LogP contribution in [0.25, 0.3) is 11.1 Å². The van der Waals surface area contributed by atoms with Crippen LogP contribution in [-0.4, -0.2) is 23.9 Å². The lowest BCUT2D eigenvalue weighted by atomic mass is 9.94. The first-order valence-electron chi connectivity index (χ1n) is 8.93. The van der Waals surface area contributed by atoms with E-state index in [0.29, 0.717) is 6.04 Å². The van der Waals surface area contributed by atoms with Crippen molar-refractivity contribution in [1.82, 2.24) is 4.90 Å². The Kier molecular flexibility index (Phi) is 3.89. The summed E-state index contributed by atoms with van der Waals surface area (Å²) < 4.78 is 0. The van der Waals surface area contributed by atoms with Crippen molar-refractivity contribution in [2.24, 2.45) is 5.73 Å². The number of nitrogens with zero attached hydrogens (tertiary/aromatic N) is 1. The number of hydrogen-bond acceptors (Lipinski definition) is 2. The maximum atomic E-state index is 12.9. The highest BCUT2D eigenvalue weighted by atomic mass is 16.2. The molecule has 2 aromatic rings. The first-order valence-corrected chi connectivity index (χ1v) is 8.93. The zero-order chi connectivity index (χ0) is 16.7. The SMILES string of the molecule is CN(C(=O)c1ccc2c(c1)C(N)c1ccccc1-2)C1CCCCC1. The lowest BCUT2D eigenvalue weighted by Crippen LogP contribution is -2.38. The molecule has 124 valence electrons. The molecule has 0 radical (unpaired) electrons. The summed E-state index contributed by atoms with van der Waals surface area (Å²) in [6, 6.07) is 14.5. The van der Waals surface area contributed by atoms with Crippen LogP contribution in [0.5, 0.6) is 0 Å². The number of nitrogens with two attached hydrogens (primary N) is 1. The summed E-state index contributed by atoms with van der Waals surface area (Å²) in [5.74, 6) is 0.118. The minimum atomic E-state index is -0.135. The average Bonchev–Trinajstić information content (AvgIpc) is 2.94. The molecule has 0 spiro atoms. The van der Waals surface area contributed by atoms with E-state index in [-0.39, 0.29) is 11.9 Å². The van der Waals surface area contributed by atoms with Crippen LogP contribution in [-0.2, 0) is 0 Å². The molecule has 3 nitrogen and oxygen atoms in total. The van der Waals surface area contributed by atoms with E-state index in [4.69, 9.17) is 5.73 Å². The Hall–Kier alpha value is -2.13. The Morgan fingerprint density at radius 2 is 1.71 bits per heavy atom. The zero-order valence-electron chi connectivity index (χ0n) is 14.2. The molecule has 2 N–H and O–H groups in total. The average molecular weight is 320 g/mol. The zero-order valence-corrected chi connectivity index (χ0v) is 14.2. The fraction of sp³-hybridized carbons (Fsp3) is 0.381. The Balaban J connectivity index is 1.63. The number of carbonyl (C=O) groups excluding carboxylic acids is 1. The highest BCUT2D eigenvalue weighted by Gasteiger charge is 2.28. The van der Waals surface area contributed by atoms with Crippen LogP contribution in [0.2, 0.25) is 0 Å². The van der Waals surface area contributed by atoms with E-state index in [1.54, 1.807) is 0 Å². The molecule has 4 rings (SSSR count). The van der Waals surface area contributed by atoms with E-state index >= 15 is 0 Å². The molecular formula is C21H24N2O. The molecule has 1 fully saturated rings. The van der Waals surface area contributed by atoms with Crippen LogP contribution in [0.15, 0.2) is 42.5 Å². The van der Waals surface area contributed by atoms with Crippen molar-refractivity contribution in [2.45, 2.75) is 44.2 Å². The van der Waals surface area contributed by atoms with Gasteiger partial charge >= 0.3 is 0 Å². The number of benzene rings is 2. The molecule has 1 saturated carbocycles. The Morgan fingerprint density at radius 1 is 1.00 bits per heavy atom. The predicted octanol–water partition coefficient (Wildman–Crippen LogP) is 4.12. The van der Waals surface area contributed by atoms with Gasteiger partial charge in [-0.3, -0.25) is 4.79 Å². The molecule has 24 heavy (non-hydrogen) atoms. The minimum Gasteiger partial charge on any atom is -0.339 e. The molecule has 2 aliphatic rings. The number of rotatable bonds is 2. The van der Waals surface area contributed by atoms with Gasteiger partial charge in [0, 0.05) is 18.7 Å². The van der Waals surface area contributed by atoms with Crippen molar-refractivity contribution in [3.63, 3.8) is 0 Å². The van der Waals surface area contributed by atoms with E-state index in [9.17, 15) is 4.79 Å². The van der Waals surface area contributed by atoms with Gasteiger partial charge in [-0.2, -0.15) is 0 Å². The third kappa shape index (κ3) is 2.44. The molecular weight excluding hydrogens is 296 g/mol. The molecule has 3 heteroatoms. The Bertz CT molecular complexity index is 777. The molecule has 0 saturated heterocycles. The number of amides is 1. The van der Waals surface area contributed by atoms with E-state index in [0.717, 1.165) is 35.1 Å². The third-order valence-electron chi connectivity index (χ3n) is 5.66. The first-order chi connectivity index (χ1) is 11.7. The Labute approximate surface area is 143 Å². The molecule has 0 bridgehead atoms. The van der Waals surface area contributed by atoms with Gasteiger partial charge in [0.2, 0.25) is 0 Å². The summed E-state index contributed by atoms with van der Waals surface area (Å²) in [4.78, 5) is 14.8. The van der Waals surface area contributed by atoms with Gasteiger partial charge in [0.05, 0.1) is 6.04 Å². The first kappa shape index (κ1) is 15.4. The van der Waals surface area contributed by atoms with Crippen molar-refractivity contribution in [2.75, 3.05) is 7.05 Å². The summed E-state index contributed by atoms with van der Waals surface area (Å²) in [6.07, 6.45) is 6.00. The summed E-state index contributed by atoms with van der Waals surface area (Å²) in [5, 5.41) is 0. The van der Waals surface area contributed by atoms with Crippen molar-refractivity contribution in [3.8, 4) is 11.1 Å². The van der Waals surface area contributed by atoms with Crippen molar-refractivity contribution in [1.29, 1.82) is 0 Å². The smallest absolute Gasteiger partial charge is 0.253 e. The Morgan fingerprint density at radius 3 is 2.50 bits per heavy atom. The molecule has 1 amide bonds. The predicted molar refractivity (Wildman–Crippen MR) is 96.9 cm³/mol. The van der Waals surface area contributed by atoms with Crippen LogP contribution in [0.1, 0.15) is 59.6 Å². The van der Waals surface area contributed by atoms with E-state index in [1.165, 1.54) is 24.8 Å². The van der Waals surface area contributed by atoms with Crippen LogP contribution < -0.4 is 5.73 Å². The fourth-order valence-electron chi connectivity index (χ4n) is 4.22. The highest BCUT2D eigenvalue weighted by molar-refractivity contribution is 5.96. The highest BCUT2D eigenvalue weighted by Crippen LogP contribution is 2.42. The molecule has 0 aromatic heterocycles. The summed E-state index contributed by atoms with van der Waals surface area (Å²) in [7, 11) is 1.94. The molecule has 0 heterocycles. The lowest BCUT2D eigenvalue weighted by molar-refractivity contribution is 0.0696. The lowest BCUT2D eigenvalue weighted by Gasteiger charge is -2.31. The van der Waals surface area contributed by atoms with Gasteiger partial charge < -0.3 is 10.6 Å². The van der Waals surface area contributed by atoms with Crippen LogP contribution in [0, 0.1) is 0 Å². The fourth-order valence-corrected chi connectivity index (χ4v) is 4.22. The van der Waals surface area contributed by atoms with E-state index in [1.807, 2.05) is 36.2 Å². The summed E-state index contributed by atoms with van der Waals surface area (Å²) in [5.41, 5.74) is 11.8. The van der Waals surface area contributed by atoms with Crippen molar-refractivity contribution in [3.05, 3.63) is 59.2 Å². The second kappa shape index (κ2) is 6.06. The maximum absolute atomic E-state index is 12.9. The van der Waals surface area contributed by atoms with Crippen molar-refractivity contribution < 1.29 is 4.79 Å². The largest absolute Gasteiger partial charge is 0.339 e. The summed E-state index contributed by atoms with van der Waals surface area (Å²) in [6.45, 7) is 0. The van der Waals surface area contributed by atoms with Gasteiger partial charge in [0.15, 0.2) is 0 Å².